The molecule has 0 spiro atoms. The van der Waals surface area contributed by atoms with Crippen molar-refractivity contribution < 1.29 is 0 Å². The molecule has 1 rings (SSSR count). The fraction of sp³-hybridized carbons (Fsp3) is 0.455. The van der Waals surface area contributed by atoms with E-state index in [1.54, 1.807) is 0 Å². The largest absolute Gasteiger partial charge is 0.324 e. The van der Waals surface area contributed by atoms with Gasteiger partial charge < -0.3 is 5.73 Å². The van der Waals surface area contributed by atoms with Crippen LogP contribution in [0.25, 0.3) is 0 Å². The summed E-state index contributed by atoms with van der Waals surface area (Å²) in [5.41, 5.74) is 8.23. The zero-order valence-corrected chi connectivity index (χ0v) is 8.46. The highest BCUT2D eigenvalue weighted by molar-refractivity contribution is 5.27. The van der Waals surface area contributed by atoms with Gasteiger partial charge in [-0.1, -0.05) is 38.1 Å². The van der Waals surface area contributed by atoms with Gasteiger partial charge in [-0.25, -0.2) is 0 Å². The highest BCUT2D eigenvalue weighted by Gasteiger charge is 1.99. The minimum absolute atomic E-state index is 0.154. The Morgan fingerprint density at radius 3 is 2.00 bits per heavy atom. The first-order valence-corrected chi connectivity index (χ1v) is 4.53. The lowest BCUT2D eigenvalue weighted by atomic mass is 10.0. The lowest BCUT2D eigenvalue weighted by Crippen LogP contribution is -2.06. The Morgan fingerprint density at radius 1 is 1.17 bits per heavy atom. The van der Waals surface area contributed by atoms with Crippen LogP contribution in [-0.4, -0.2) is 0 Å². The quantitative estimate of drug-likeness (QED) is 0.680. The number of rotatable bonds is 1. The summed E-state index contributed by atoms with van der Waals surface area (Å²) in [6.45, 7) is 8.08. The Bertz CT molecular complexity index is 216. The Morgan fingerprint density at radius 2 is 1.67 bits per heavy atom. The molecular formula is C11H19N. The Balaban J connectivity index is 0.000000561. The maximum atomic E-state index is 5.71. The molecule has 0 heterocycles. The molecule has 0 aliphatic rings. The van der Waals surface area contributed by atoms with Gasteiger partial charge in [-0.15, -0.1) is 0 Å². The van der Waals surface area contributed by atoms with Crippen LogP contribution in [0.1, 0.15) is 37.9 Å². The van der Waals surface area contributed by atoms with Crippen LogP contribution in [0.3, 0.4) is 0 Å². The van der Waals surface area contributed by atoms with Crippen molar-refractivity contribution in [3.63, 3.8) is 0 Å². The molecule has 2 N–H and O–H groups in total. The molecule has 68 valence electrons. The van der Waals surface area contributed by atoms with Crippen molar-refractivity contribution in [2.24, 2.45) is 5.73 Å². The van der Waals surface area contributed by atoms with E-state index in [2.05, 4.69) is 19.1 Å². The number of benzene rings is 1. The Hall–Kier alpha value is -0.820. The van der Waals surface area contributed by atoms with Crippen LogP contribution in [-0.2, 0) is 0 Å². The molecule has 1 heteroatoms. The third-order valence-corrected chi connectivity index (χ3v) is 1.68. The van der Waals surface area contributed by atoms with Gasteiger partial charge in [-0.2, -0.15) is 0 Å². The summed E-state index contributed by atoms with van der Waals surface area (Å²) in [6, 6.07) is 8.35. The van der Waals surface area contributed by atoms with E-state index in [0.717, 1.165) is 0 Å². The second-order valence-electron chi connectivity index (χ2n) is 2.65. The summed E-state index contributed by atoms with van der Waals surface area (Å²) in [6.07, 6.45) is 0. The lowest BCUT2D eigenvalue weighted by Gasteiger charge is -2.07. The first-order valence-electron chi connectivity index (χ1n) is 4.53. The van der Waals surface area contributed by atoms with Crippen LogP contribution in [0.15, 0.2) is 24.3 Å². The normalized spacial score (nSPS) is 11.4. The van der Waals surface area contributed by atoms with Crippen molar-refractivity contribution in [3.8, 4) is 0 Å². The van der Waals surface area contributed by atoms with E-state index in [4.69, 9.17) is 5.73 Å². The zero-order valence-electron chi connectivity index (χ0n) is 8.46. The maximum absolute atomic E-state index is 5.71. The van der Waals surface area contributed by atoms with E-state index in [1.165, 1.54) is 11.1 Å². The Labute approximate surface area is 75.6 Å². The summed E-state index contributed by atoms with van der Waals surface area (Å²) in [5.74, 6) is 0. The molecule has 0 amide bonds. The molecule has 0 radical (unpaired) electrons. The molecule has 0 bridgehead atoms. The van der Waals surface area contributed by atoms with E-state index in [0.29, 0.717) is 0 Å². The summed E-state index contributed by atoms with van der Waals surface area (Å²) in [5, 5.41) is 0. The second-order valence-corrected chi connectivity index (χ2v) is 2.65. The van der Waals surface area contributed by atoms with Gasteiger partial charge in [0.1, 0.15) is 0 Å². The standard InChI is InChI=1S/C9H13N.C2H6/c1-7-5-3-4-6-9(7)8(2)10;1-2/h3-6,8H,10H2,1-2H3;1-2H3. The number of nitrogens with two attached hydrogens (primary N) is 1. The average Bonchev–Trinajstić information content (AvgIpc) is 2.08. The summed E-state index contributed by atoms with van der Waals surface area (Å²) >= 11 is 0. The lowest BCUT2D eigenvalue weighted by molar-refractivity contribution is 0.810. The minimum Gasteiger partial charge on any atom is -0.324 e. The molecule has 1 aromatic carbocycles. The molecule has 1 aromatic rings. The molecule has 0 aromatic heterocycles. The van der Waals surface area contributed by atoms with Crippen molar-refractivity contribution in [2.75, 3.05) is 0 Å². The van der Waals surface area contributed by atoms with Gasteiger partial charge in [0.15, 0.2) is 0 Å². The average molecular weight is 165 g/mol. The maximum Gasteiger partial charge on any atom is 0.0268 e. The number of hydrogen-bond acceptors (Lipinski definition) is 1. The van der Waals surface area contributed by atoms with Crippen molar-refractivity contribution in [1.29, 1.82) is 0 Å². The summed E-state index contributed by atoms with van der Waals surface area (Å²) < 4.78 is 0. The second kappa shape index (κ2) is 5.78. The molecule has 0 fully saturated rings. The number of aryl methyl sites for hydroxylation is 1. The van der Waals surface area contributed by atoms with Gasteiger partial charge in [0.2, 0.25) is 0 Å². The van der Waals surface area contributed by atoms with Crippen LogP contribution in [0.5, 0.6) is 0 Å². The monoisotopic (exact) mass is 165 g/mol. The first-order chi connectivity index (χ1) is 5.72. The van der Waals surface area contributed by atoms with Crippen LogP contribution < -0.4 is 5.73 Å². The smallest absolute Gasteiger partial charge is 0.0268 e. The molecule has 0 saturated heterocycles. The summed E-state index contributed by atoms with van der Waals surface area (Å²) in [4.78, 5) is 0. The predicted octanol–water partition coefficient (Wildman–Crippen LogP) is 3.04. The molecule has 0 aliphatic carbocycles. The van der Waals surface area contributed by atoms with E-state index in [1.807, 2.05) is 32.9 Å². The third kappa shape index (κ3) is 3.05. The van der Waals surface area contributed by atoms with Gasteiger partial charge in [-0.05, 0) is 25.0 Å². The fourth-order valence-electron chi connectivity index (χ4n) is 1.10. The van der Waals surface area contributed by atoms with Crippen LogP contribution in [0.2, 0.25) is 0 Å². The van der Waals surface area contributed by atoms with Crippen molar-refractivity contribution in [3.05, 3.63) is 35.4 Å². The topological polar surface area (TPSA) is 26.0 Å². The van der Waals surface area contributed by atoms with Crippen molar-refractivity contribution >= 4 is 0 Å². The van der Waals surface area contributed by atoms with E-state index in [9.17, 15) is 0 Å². The minimum atomic E-state index is 0.154. The third-order valence-electron chi connectivity index (χ3n) is 1.68. The zero-order chi connectivity index (χ0) is 9.56. The SMILES string of the molecule is CC.Cc1ccccc1C(C)N. The van der Waals surface area contributed by atoms with Crippen LogP contribution >= 0.6 is 0 Å². The van der Waals surface area contributed by atoms with E-state index >= 15 is 0 Å². The molecule has 1 unspecified atom stereocenters. The van der Waals surface area contributed by atoms with Crippen molar-refractivity contribution in [2.45, 2.75) is 33.7 Å². The first kappa shape index (κ1) is 11.2. The molecule has 0 saturated carbocycles. The number of hydrogen-bond donors (Lipinski definition) is 1. The fourth-order valence-corrected chi connectivity index (χ4v) is 1.10. The highest BCUT2D eigenvalue weighted by atomic mass is 14.6. The van der Waals surface area contributed by atoms with E-state index in [-0.39, 0.29) is 6.04 Å². The van der Waals surface area contributed by atoms with Gasteiger partial charge in [-0.3, -0.25) is 0 Å². The van der Waals surface area contributed by atoms with Crippen molar-refractivity contribution in [1.82, 2.24) is 0 Å². The molecule has 0 aliphatic heterocycles. The molecule has 12 heavy (non-hydrogen) atoms. The van der Waals surface area contributed by atoms with Gasteiger partial charge in [0.05, 0.1) is 0 Å². The van der Waals surface area contributed by atoms with Gasteiger partial charge >= 0.3 is 0 Å². The molecule has 1 nitrogen and oxygen atoms in total. The highest BCUT2D eigenvalue weighted by Crippen LogP contribution is 2.13. The van der Waals surface area contributed by atoms with Crippen LogP contribution in [0.4, 0.5) is 0 Å². The van der Waals surface area contributed by atoms with Gasteiger partial charge in [0.25, 0.3) is 0 Å². The van der Waals surface area contributed by atoms with E-state index < -0.39 is 0 Å². The summed E-state index contributed by atoms with van der Waals surface area (Å²) in [7, 11) is 0. The predicted molar refractivity (Wildman–Crippen MR) is 55.1 cm³/mol. The van der Waals surface area contributed by atoms with Gasteiger partial charge in [0, 0.05) is 6.04 Å². The Kier molecular flexibility index (Phi) is 5.39. The molecular weight excluding hydrogens is 146 g/mol. The molecule has 1 atom stereocenters. The van der Waals surface area contributed by atoms with Crippen LogP contribution in [0, 0.1) is 6.92 Å².